The van der Waals surface area contributed by atoms with Gasteiger partial charge in [-0.1, -0.05) is 29.8 Å². The summed E-state index contributed by atoms with van der Waals surface area (Å²) in [4.78, 5) is 12.5. The van der Waals surface area contributed by atoms with Crippen LogP contribution in [0.1, 0.15) is 15.9 Å². The summed E-state index contributed by atoms with van der Waals surface area (Å²) in [5.41, 5.74) is 9.97. The van der Waals surface area contributed by atoms with Crippen molar-refractivity contribution in [1.82, 2.24) is 4.57 Å². The first-order valence-corrected chi connectivity index (χ1v) is 8.08. The van der Waals surface area contributed by atoms with E-state index in [0.717, 1.165) is 22.6 Å². The van der Waals surface area contributed by atoms with Crippen LogP contribution in [0.4, 0.5) is 5.95 Å². The summed E-state index contributed by atoms with van der Waals surface area (Å²) in [5.74, 6) is 1.36. The molecule has 0 saturated heterocycles. The van der Waals surface area contributed by atoms with Gasteiger partial charge in [0.25, 0.3) is 0 Å². The molecule has 0 spiro atoms. The first-order valence-electron chi connectivity index (χ1n) is 8.08. The third kappa shape index (κ3) is 3.40. The number of aromatic nitrogens is 2. The number of nitrogens with zero attached hydrogens (tertiary/aromatic N) is 2. The second-order valence-electron chi connectivity index (χ2n) is 6.08. The van der Waals surface area contributed by atoms with Gasteiger partial charge in [0.2, 0.25) is 0 Å². The fraction of sp³-hybridized carbons (Fsp3) is 0.200. The number of nitrogen functional groups attached to an aromatic ring is 1. The number of carbonyl (C=O) groups is 1. The summed E-state index contributed by atoms with van der Waals surface area (Å²) >= 11 is 0. The molecule has 0 bridgehead atoms. The molecular weight excluding hydrogens is 314 g/mol. The monoisotopic (exact) mass is 336 g/mol. The Morgan fingerprint density at radius 2 is 1.76 bits per heavy atom. The number of aryl methyl sites for hydroxylation is 1. The van der Waals surface area contributed by atoms with Gasteiger partial charge in [-0.25, -0.2) is 9.13 Å². The average molecular weight is 336 g/mol. The Morgan fingerprint density at radius 3 is 2.36 bits per heavy atom. The SMILES string of the molecule is COc1ccc(-c2c[n+](CC(=O)c3ccc(C)cc3)c(N)n2C)cc1. The van der Waals surface area contributed by atoms with Crippen molar-refractivity contribution in [2.24, 2.45) is 7.05 Å². The number of hydrogen-bond acceptors (Lipinski definition) is 3. The van der Waals surface area contributed by atoms with Crippen molar-refractivity contribution >= 4 is 11.7 Å². The lowest BCUT2D eigenvalue weighted by molar-refractivity contribution is -0.667. The van der Waals surface area contributed by atoms with Crippen LogP contribution in [0.2, 0.25) is 0 Å². The molecule has 25 heavy (non-hydrogen) atoms. The Bertz CT molecular complexity index is 894. The number of benzene rings is 2. The maximum atomic E-state index is 12.5. The molecule has 0 aliphatic rings. The Balaban J connectivity index is 1.87. The Kier molecular flexibility index (Phi) is 4.57. The maximum Gasteiger partial charge on any atom is 0.355 e. The highest BCUT2D eigenvalue weighted by Crippen LogP contribution is 2.22. The standard InChI is InChI=1S/C20H21N3O2/c1-14-4-6-16(7-5-14)19(24)13-23-12-18(22(2)20(23)21)15-8-10-17(25-3)11-9-15/h4-12,21H,13H2,1-3H3/p+1. The summed E-state index contributed by atoms with van der Waals surface area (Å²) in [7, 11) is 3.53. The minimum absolute atomic E-state index is 0.0311. The number of ether oxygens (including phenoxy) is 1. The van der Waals surface area contributed by atoms with Crippen molar-refractivity contribution in [3.63, 3.8) is 0 Å². The minimum atomic E-state index is 0.0311. The van der Waals surface area contributed by atoms with Gasteiger partial charge in [-0.2, -0.15) is 0 Å². The van der Waals surface area contributed by atoms with Crippen LogP contribution >= 0.6 is 0 Å². The van der Waals surface area contributed by atoms with E-state index in [1.165, 1.54) is 0 Å². The molecule has 0 saturated carbocycles. The summed E-state index contributed by atoms with van der Waals surface area (Å²) in [6.07, 6.45) is 1.91. The van der Waals surface area contributed by atoms with E-state index in [-0.39, 0.29) is 12.3 Å². The molecule has 2 N–H and O–H groups in total. The zero-order valence-corrected chi connectivity index (χ0v) is 14.7. The summed E-state index contributed by atoms with van der Waals surface area (Å²) in [6.45, 7) is 2.21. The molecule has 128 valence electrons. The smallest absolute Gasteiger partial charge is 0.355 e. The van der Waals surface area contributed by atoms with Gasteiger partial charge in [0.1, 0.15) is 24.2 Å². The zero-order valence-electron chi connectivity index (χ0n) is 14.7. The van der Waals surface area contributed by atoms with E-state index in [9.17, 15) is 4.79 Å². The zero-order chi connectivity index (χ0) is 18.0. The highest BCUT2D eigenvalue weighted by Gasteiger charge is 2.20. The summed E-state index contributed by atoms with van der Waals surface area (Å²) in [6, 6.07) is 15.3. The molecule has 3 aromatic rings. The van der Waals surface area contributed by atoms with E-state index >= 15 is 0 Å². The van der Waals surface area contributed by atoms with Crippen molar-refractivity contribution in [3.8, 4) is 17.0 Å². The molecular formula is C20H22N3O2+. The molecule has 0 aliphatic carbocycles. The van der Waals surface area contributed by atoms with Crippen LogP contribution in [-0.2, 0) is 13.6 Å². The largest absolute Gasteiger partial charge is 0.497 e. The molecule has 5 heteroatoms. The average Bonchev–Trinajstić information content (AvgIpc) is 2.91. The molecule has 5 nitrogen and oxygen atoms in total. The van der Waals surface area contributed by atoms with E-state index in [0.29, 0.717) is 11.5 Å². The van der Waals surface area contributed by atoms with Gasteiger partial charge < -0.3 is 4.74 Å². The van der Waals surface area contributed by atoms with Crippen molar-refractivity contribution in [1.29, 1.82) is 0 Å². The fourth-order valence-electron chi connectivity index (χ4n) is 2.76. The number of imidazole rings is 1. The topological polar surface area (TPSA) is 61.1 Å². The van der Waals surface area contributed by atoms with E-state index < -0.39 is 0 Å². The fourth-order valence-corrected chi connectivity index (χ4v) is 2.76. The molecule has 0 aliphatic heterocycles. The van der Waals surface area contributed by atoms with E-state index in [1.54, 1.807) is 11.7 Å². The normalized spacial score (nSPS) is 10.7. The number of carbonyl (C=O) groups excluding carboxylic acids is 1. The van der Waals surface area contributed by atoms with Gasteiger partial charge in [0.15, 0.2) is 5.78 Å². The third-order valence-electron chi connectivity index (χ3n) is 4.35. The predicted octanol–water partition coefficient (Wildman–Crippen LogP) is 2.76. The Labute approximate surface area is 147 Å². The molecule has 1 heterocycles. The molecule has 0 fully saturated rings. The van der Waals surface area contributed by atoms with Crippen molar-refractivity contribution < 1.29 is 14.1 Å². The number of rotatable bonds is 5. The number of methoxy groups -OCH3 is 1. The molecule has 1 aromatic heterocycles. The van der Waals surface area contributed by atoms with Crippen molar-refractivity contribution in [2.45, 2.75) is 13.5 Å². The minimum Gasteiger partial charge on any atom is -0.497 e. The van der Waals surface area contributed by atoms with Gasteiger partial charge in [-0.15, -0.1) is 0 Å². The molecule has 3 rings (SSSR count). The molecule has 0 amide bonds. The lowest BCUT2D eigenvalue weighted by Crippen LogP contribution is -2.39. The van der Waals surface area contributed by atoms with Crippen LogP contribution in [0.5, 0.6) is 5.75 Å². The highest BCUT2D eigenvalue weighted by molar-refractivity contribution is 5.95. The van der Waals surface area contributed by atoms with Crippen LogP contribution in [0.15, 0.2) is 54.7 Å². The second-order valence-corrected chi connectivity index (χ2v) is 6.08. The predicted molar refractivity (Wildman–Crippen MR) is 97.5 cm³/mol. The lowest BCUT2D eigenvalue weighted by Gasteiger charge is -2.01. The summed E-state index contributed by atoms with van der Waals surface area (Å²) in [5, 5.41) is 0. The maximum absolute atomic E-state index is 12.5. The van der Waals surface area contributed by atoms with Gasteiger partial charge in [0, 0.05) is 11.1 Å². The van der Waals surface area contributed by atoms with Crippen molar-refractivity contribution in [3.05, 3.63) is 65.9 Å². The number of Topliss-reactive ketones (excluding diaryl/α,β-unsaturated/α-hetero) is 1. The molecule has 2 aromatic carbocycles. The van der Waals surface area contributed by atoms with Crippen LogP contribution in [-0.4, -0.2) is 17.5 Å². The van der Waals surface area contributed by atoms with E-state index in [4.69, 9.17) is 10.5 Å². The highest BCUT2D eigenvalue weighted by atomic mass is 16.5. The number of nitrogens with two attached hydrogens (primary N) is 1. The molecule has 0 radical (unpaired) electrons. The summed E-state index contributed by atoms with van der Waals surface area (Å²) < 4.78 is 8.85. The number of hydrogen-bond donors (Lipinski definition) is 1. The van der Waals surface area contributed by atoms with Gasteiger partial charge in [0.05, 0.1) is 14.2 Å². The quantitative estimate of drug-likeness (QED) is 0.576. The lowest BCUT2D eigenvalue weighted by atomic mass is 10.1. The van der Waals surface area contributed by atoms with Gasteiger partial charge in [-0.05, 0) is 31.2 Å². The van der Waals surface area contributed by atoms with Crippen LogP contribution in [0.3, 0.4) is 0 Å². The Hall–Kier alpha value is -3.08. The van der Waals surface area contributed by atoms with E-state index in [2.05, 4.69) is 0 Å². The van der Waals surface area contributed by atoms with Gasteiger partial charge >= 0.3 is 5.95 Å². The van der Waals surface area contributed by atoms with Crippen molar-refractivity contribution in [2.75, 3.05) is 12.8 Å². The van der Waals surface area contributed by atoms with Crippen LogP contribution in [0.25, 0.3) is 11.3 Å². The first kappa shape index (κ1) is 16.8. The first-order chi connectivity index (χ1) is 12.0. The van der Waals surface area contributed by atoms with Gasteiger partial charge in [-0.3, -0.25) is 10.5 Å². The number of ketones is 1. The number of anilines is 1. The molecule has 0 atom stereocenters. The van der Waals surface area contributed by atoms with Crippen LogP contribution < -0.4 is 15.0 Å². The van der Waals surface area contributed by atoms with E-state index in [1.807, 2.05) is 73.3 Å². The Morgan fingerprint density at radius 1 is 1.12 bits per heavy atom. The second kappa shape index (κ2) is 6.81. The van der Waals surface area contributed by atoms with Crippen LogP contribution in [0, 0.1) is 6.92 Å². The third-order valence-corrected chi connectivity index (χ3v) is 4.35. The molecule has 0 unspecified atom stereocenters.